The summed E-state index contributed by atoms with van der Waals surface area (Å²) in [6.45, 7) is 8.72. The highest BCUT2D eigenvalue weighted by atomic mass is 127. The lowest BCUT2D eigenvalue weighted by Crippen LogP contribution is -2.38. The van der Waals surface area contributed by atoms with E-state index >= 15 is 0 Å². The highest BCUT2D eigenvalue weighted by Gasteiger charge is 2.20. The molecule has 6 heteroatoms. The van der Waals surface area contributed by atoms with Gasteiger partial charge < -0.3 is 15.4 Å². The van der Waals surface area contributed by atoms with Crippen LogP contribution in [-0.4, -0.2) is 38.8 Å². The first-order valence-electron chi connectivity index (χ1n) is 8.43. The van der Waals surface area contributed by atoms with Gasteiger partial charge >= 0.3 is 0 Å². The molecule has 1 atom stereocenters. The van der Waals surface area contributed by atoms with E-state index < -0.39 is 0 Å². The average molecular weight is 451 g/mol. The summed E-state index contributed by atoms with van der Waals surface area (Å²) >= 11 is 1.80. The molecule has 0 aliphatic heterocycles. The molecule has 0 radical (unpaired) electrons. The van der Waals surface area contributed by atoms with Gasteiger partial charge in [0.05, 0.1) is 6.54 Å². The maximum atomic E-state index is 5.65. The third-order valence-corrected chi connectivity index (χ3v) is 4.81. The Hall–Kier alpha value is -0.340. The summed E-state index contributed by atoms with van der Waals surface area (Å²) in [4.78, 5) is 6.08. The standard InChI is InChI=1S/C17H29N3OS.HI/c1-3-18-17(19-9-5-10-21-13-15-7-8-15)20-12-14(2)16-6-4-11-22-16;/h4,6,11,14-15H,3,5,7-10,12-13H2,1-2H3,(H2,18,19,20);1H. The van der Waals surface area contributed by atoms with Crippen LogP contribution in [0.4, 0.5) is 0 Å². The van der Waals surface area contributed by atoms with Gasteiger partial charge in [0.25, 0.3) is 0 Å². The van der Waals surface area contributed by atoms with Gasteiger partial charge in [-0.3, -0.25) is 4.99 Å². The number of ether oxygens (including phenoxy) is 1. The van der Waals surface area contributed by atoms with E-state index in [-0.39, 0.29) is 24.0 Å². The fraction of sp³-hybridized carbons (Fsp3) is 0.706. The summed E-state index contributed by atoms with van der Waals surface area (Å²) < 4.78 is 5.65. The number of rotatable bonds is 10. The second-order valence-corrected chi connectivity index (χ2v) is 6.91. The molecule has 4 nitrogen and oxygen atoms in total. The molecule has 1 aliphatic rings. The van der Waals surface area contributed by atoms with Gasteiger partial charge in [-0.25, -0.2) is 0 Å². The molecule has 0 spiro atoms. The van der Waals surface area contributed by atoms with Crippen LogP contribution < -0.4 is 10.6 Å². The van der Waals surface area contributed by atoms with E-state index in [0.717, 1.165) is 51.1 Å². The Bertz CT molecular complexity index is 435. The number of thiophene rings is 1. The van der Waals surface area contributed by atoms with Gasteiger partial charge in [-0.15, -0.1) is 35.3 Å². The first-order valence-corrected chi connectivity index (χ1v) is 9.31. The molecule has 1 heterocycles. The van der Waals surface area contributed by atoms with Crippen LogP contribution in [0.2, 0.25) is 0 Å². The summed E-state index contributed by atoms with van der Waals surface area (Å²) in [6, 6.07) is 4.29. The van der Waals surface area contributed by atoms with Crippen molar-refractivity contribution in [3.63, 3.8) is 0 Å². The van der Waals surface area contributed by atoms with Crippen LogP contribution in [0.3, 0.4) is 0 Å². The Labute approximate surface area is 161 Å². The molecule has 0 saturated heterocycles. The zero-order chi connectivity index (χ0) is 15.6. The fourth-order valence-corrected chi connectivity index (χ4v) is 2.93. The maximum absolute atomic E-state index is 5.65. The normalized spacial score (nSPS) is 15.8. The molecule has 1 fully saturated rings. The molecular weight excluding hydrogens is 421 g/mol. The third-order valence-electron chi connectivity index (χ3n) is 3.70. The molecule has 1 unspecified atom stereocenters. The molecule has 2 N–H and O–H groups in total. The maximum Gasteiger partial charge on any atom is 0.191 e. The minimum Gasteiger partial charge on any atom is -0.381 e. The van der Waals surface area contributed by atoms with Gasteiger partial charge in [0.15, 0.2) is 5.96 Å². The number of halogens is 1. The number of nitrogens with zero attached hydrogens (tertiary/aromatic N) is 1. The molecule has 23 heavy (non-hydrogen) atoms. The lowest BCUT2D eigenvalue weighted by molar-refractivity contribution is 0.123. The highest BCUT2D eigenvalue weighted by Crippen LogP contribution is 2.28. The van der Waals surface area contributed by atoms with Gasteiger partial charge in [-0.1, -0.05) is 13.0 Å². The van der Waals surface area contributed by atoms with Gasteiger partial charge in [0, 0.05) is 37.1 Å². The Morgan fingerprint density at radius 2 is 2.26 bits per heavy atom. The van der Waals surface area contributed by atoms with E-state index in [4.69, 9.17) is 4.74 Å². The van der Waals surface area contributed by atoms with Crippen molar-refractivity contribution in [3.8, 4) is 0 Å². The zero-order valence-electron chi connectivity index (χ0n) is 14.2. The van der Waals surface area contributed by atoms with Gasteiger partial charge in [-0.05, 0) is 43.6 Å². The third kappa shape index (κ3) is 8.91. The van der Waals surface area contributed by atoms with Crippen molar-refractivity contribution >= 4 is 41.3 Å². The average Bonchev–Trinajstić information content (AvgIpc) is 3.18. The smallest absolute Gasteiger partial charge is 0.191 e. The van der Waals surface area contributed by atoms with Crippen LogP contribution in [0, 0.1) is 5.92 Å². The van der Waals surface area contributed by atoms with Crippen LogP contribution in [-0.2, 0) is 4.74 Å². The number of hydrogen-bond donors (Lipinski definition) is 2. The summed E-state index contributed by atoms with van der Waals surface area (Å²) in [7, 11) is 0. The monoisotopic (exact) mass is 451 g/mol. The lowest BCUT2D eigenvalue weighted by Gasteiger charge is -2.13. The molecule has 0 aromatic carbocycles. The van der Waals surface area contributed by atoms with Crippen LogP contribution in [0.25, 0.3) is 0 Å². The van der Waals surface area contributed by atoms with E-state index in [1.165, 1.54) is 17.7 Å². The predicted molar refractivity (Wildman–Crippen MR) is 110 cm³/mol. The molecular formula is C17H30IN3OS. The number of guanidine groups is 1. The predicted octanol–water partition coefficient (Wildman–Crippen LogP) is 3.84. The van der Waals surface area contributed by atoms with E-state index in [9.17, 15) is 0 Å². The Balaban J connectivity index is 0.00000264. The van der Waals surface area contributed by atoms with Gasteiger partial charge in [0.1, 0.15) is 0 Å². The summed E-state index contributed by atoms with van der Waals surface area (Å²) in [6.07, 6.45) is 3.74. The van der Waals surface area contributed by atoms with E-state index in [2.05, 4.69) is 47.0 Å². The van der Waals surface area contributed by atoms with Crippen LogP contribution >= 0.6 is 35.3 Å². The quantitative estimate of drug-likeness (QED) is 0.246. The van der Waals surface area contributed by atoms with Crippen LogP contribution in [0.15, 0.2) is 22.5 Å². The van der Waals surface area contributed by atoms with E-state index in [0.29, 0.717) is 5.92 Å². The number of hydrogen-bond acceptors (Lipinski definition) is 3. The lowest BCUT2D eigenvalue weighted by atomic mass is 10.1. The first-order chi connectivity index (χ1) is 10.8. The van der Waals surface area contributed by atoms with Crippen molar-refractivity contribution in [3.05, 3.63) is 22.4 Å². The largest absolute Gasteiger partial charge is 0.381 e. The van der Waals surface area contributed by atoms with E-state index in [1.54, 1.807) is 11.3 Å². The first kappa shape index (κ1) is 20.7. The molecule has 1 aromatic rings. The molecule has 1 aromatic heterocycles. The van der Waals surface area contributed by atoms with E-state index in [1.807, 2.05) is 0 Å². The highest BCUT2D eigenvalue weighted by molar-refractivity contribution is 14.0. The number of nitrogens with one attached hydrogen (secondary N) is 2. The minimum absolute atomic E-state index is 0. The van der Waals surface area contributed by atoms with Crippen molar-refractivity contribution in [1.29, 1.82) is 0 Å². The van der Waals surface area contributed by atoms with Crippen molar-refractivity contribution in [2.24, 2.45) is 10.9 Å². The van der Waals surface area contributed by atoms with Gasteiger partial charge in [-0.2, -0.15) is 0 Å². The Morgan fingerprint density at radius 3 is 2.91 bits per heavy atom. The molecule has 0 amide bonds. The van der Waals surface area contributed by atoms with Crippen LogP contribution in [0.1, 0.15) is 43.9 Å². The minimum atomic E-state index is 0. The Morgan fingerprint density at radius 1 is 1.43 bits per heavy atom. The van der Waals surface area contributed by atoms with Crippen molar-refractivity contribution in [2.75, 3.05) is 32.8 Å². The second kappa shape index (κ2) is 12.1. The zero-order valence-corrected chi connectivity index (χ0v) is 17.4. The Kier molecular flexibility index (Phi) is 10.9. The number of aliphatic imine (C=N–C) groups is 1. The second-order valence-electron chi connectivity index (χ2n) is 5.93. The summed E-state index contributed by atoms with van der Waals surface area (Å²) in [5, 5.41) is 8.82. The van der Waals surface area contributed by atoms with Crippen molar-refractivity contribution in [2.45, 2.75) is 39.0 Å². The summed E-state index contributed by atoms with van der Waals surface area (Å²) in [5.41, 5.74) is 0. The molecule has 2 rings (SSSR count). The van der Waals surface area contributed by atoms with Crippen molar-refractivity contribution < 1.29 is 4.74 Å². The molecule has 132 valence electrons. The summed E-state index contributed by atoms with van der Waals surface area (Å²) in [5.74, 6) is 2.23. The molecule has 0 bridgehead atoms. The molecule has 1 saturated carbocycles. The molecule has 1 aliphatic carbocycles. The SMILES string of the molecule is CCNC(=NCC(C)c1cccs1)NCCCOCC1CC1.I. The topological polar surface area (TPSA) is 45.7 Å². The van der Waals surface area contributed by atoms with Crippen LogP contribution in [0.5, 0.6) is 0 Å². The van der Waals surface area contributed by atoms with Crippen molar-refractivity contribution in [1.82, 2.24) is 10.6 Å². The van der Waals surface area contributed by atoms with Gasteiger partial charge in [0.2, 0.25) is 0 Å². The fourth-order valence-electron chi connectivity index (χ4n) is 2.15.